The summed E-state index contributed by atoms with van der Waals surface area (Å²) < 4.78 is 13.9. The summed E-state index contributed by atoms with van der Waals surface area (Å²) >= 11 is 0. The SMILES string of the molecule is CCC(NC1CCN2CCCC2C1)c1ccccc1F. The molecule has 2 nitrogen and oxygen atoms in total. The third-order valence-electron chi connectivity index (χ3n) is 4.95. The average molecular weight is 276 g/mol. The summed E-state index contributed by atoms with van der Waals surface area (Å²) in [6, 6.07) is 8.64. The maximum absolute atomic E-state index is 13.9. The highest BCUT2D eigenvalue weighted by Crippen LogP contribution is 2.29. The Hall–Kier alpha value is -0.930. The van der Waals surface area contributed by atoms with E-state index in [-0.39, 0.29) is 11.9 Å². The van der Waals surface area contributed by atoms with Gasteiger partial charge >= 0.3 is 0 Å². The van der Waals surface area contributed by atoms with Crippen molar-refractivity contribution < 1.29 is 4.39 Å². The molecule has 0 amide bonds. The number of fused-ring (bicyclic) bond motifs is 1. The Balaban J connectivity index is 1.65. The topological polar surface area (TPSA) is 15.3 Å². The summed E-state index contributed by atoms with van der Waals surface area (Å²) in [5.74, 6) is -0.0786. The van der Waals surface area contributed by atoms with Gasteiger partial charge < -0.3 is 10.2 Å². The third kappa shape index (κ3) is 2.89. The summed E-state index contributed by atoms with van der Waals surface area (Å²) in [5.41, 5.74) is 0.823. The van der Waals surface area contributed by atoms with E-state index in [4.69, 9.17) is 0 Å². The fraction of sp³-hybridized carbons (Fsp3) is 0.647. The minimum atomic E-state index is -0.0786. The van der Waals surface area contributed by atoms with Crippen molar-refractivity contribution in [1.82, 2.24) is 10.2 Å². The Kier molecular flexibility index (Phi) is 4.37. The summed E-state index contributed by atoms with van der Waals surface area (Å²) in [7, 11) is 0. The van der Waals surface area contributed by atoms with Crippen LogP contribution in [0.2, 0.25) is 0 Å². The second kappa shape index (κ2) is 6.23. The summed E-state index contributed by atoms with van der Waals surface area (Å²) in [5, 5.41) is 3.71. The molecule has 0 bridgehead atoms. The van der Waals surface area contributed by atoms with Crippen LogP contribution in [-0.2, 0) is 0 Å². The molecular weight excluding hydrogens is 251 g/mol. The van der Waals surface area contributed by atoms with E-state index in [0.717, 1.165) is 18.0 Å². The quantitative estimate of drug-likeness (QED) is 0.905. The highest BCUT2D eigenvalue weighted by atomic mass is 19.1. The highest BCUT2D eigenvalue weighted by Gasteiger charge is 2.32. The standard InChI is InChI=1S/C17H25FN2/c1-2-17(15-7-3-4-8-16(15)18)19-13-9-11-20-10-5-6-14(20)12-13/h3-4,7-8,13-14,17,19H,2,5-6,9-12H2,1H3. The maximum atomic E-state index is 13.9. The van der Waals surface area contributed by atoms with Crippen LogP contribution in [0.1, 0.15) is 50.6 Å². The van der Waals surface area contributed by atoms with Crippen molar-refractivity contribution in [3.63, 3.8) is 0 Å². The number of piperidine rings is 1. The first-order valence-electron chi connectivity index (χ1n) is 8.02. The average Bonchev–Trinajstić information content (AvgIpc) is 2.93. The zero-order valence-corrected chi connectivity index (χ0v) is 12.3. The van der Waals surface area contributed by atoms with Crippen LogP contribution in [0.4, 0.5) is 4.39 Å². The van der Waals surface area contributed by atoms with Crippen molar-refractivity contribution in [1.29, 1.82) is 0 Å². The van der Waals surface area contributed by atoms with Crippen LogP contribution in [0.5, 0.6) is 0 Å². The summed E-state index contributed by atoms with van der Waals surface area (Å²) in [6.45, 7) is 4.62. The number of hydrogen-bond donors (Lipinski definition) is 1. The van der Waals surface area contributed by atoms with E-state index in [0.29, 0.717) is 6.04 Å². The maximum Gasteiger partial charge on any atom is 0.127 e. The molecule has 0 spiro atoms. The minimum Gasteiger partial charge on any atom is -0.307 e. The minimum absolute atomic E-state index is 0.0786. The van der Waals surface area contributed by atoms with Crippen molar-refractivity contribution >= 4 is 0 Å². The fourth-order valence-electron chi connectivity index (χ4n) is 3.85. The number of nitrogens with zero attached hydrogens (tertiary/aromatic N) is 1. The molecule has 3 heteroatoms. The molecule has 1 aromatic rings. The first-order chi connectivity index (χ1) is 9.78. The molecule has 2 aliphatic rings. The van der Waals surface area contributed by atoms with Gasteiger partial charge in [0.2, 0.25) is 0 Å². The molecule has 110 valence electrons. The molecule has 1 aromatic carbocycles. The van der Waals surface area contributed by atoms with E-state index in [1.54, 1.807) is 12.1 Å². The first-order valence-corrected chi connectivity index (χ1v) is 8.02. The van der Waals surface area contributed by atoms with Crippen molar-refractivity contribution in [3.8, 4) is 0 Å². The van der Waals surface area contributed by atoms with Crippen LogP contribution in [0.3, 0.4) is 0 Å². The molecule has 2 fully saturated rings. The lowest BCUT2D eigenvalue weighted by Crippen LogP contribution is -2.46. The zero-order valence-electron chi connectivity index (χ0n) is 12.3. The van der Waals surface area contributed by atoms with Crippen LogP contribution in [-0.4, -0.2) is 30.1 Å². The van der Waals surface area contributed by atoms with Gasteiger partial charge in [-0.05, 0) is 51.3 Å². The van der Waals surface area contributed by atoms with Crippen LogP contribution in [0, 0.1) is 5.82 Å². The van der Waals surface area contributed by atoms with E-state index in [1.807, 2.05) is 12.1 Å². The summed E-state index contributed by atoms with van der Waals surface area (Å²) in [6.07, 6.45) is 6.05. The highest BCUT2D eigenvalue weighted by molar-refractivity contribution is 5.21. The zero-order chi connectivity index (χ0) is 13.9. The fourth-order valence-corrected chi connectivity index (χ4v) is 3.85. The normalized spacial score (nSPS) is 28.3. The van der Waals surface area contributed by atoms with Gasteiger partial charge in [0.05, 0.1) is 0 Å². The van der Waals surface area contributed by atoms with Crippen LogP contribution < -0.4 is 5.32 Å². The van der Waals surface area contributed by atoms with Gasteiger partial charge in [0.15, 0.2) is 0 Å². The molecule has 0 aromatic heterocycles. The Labute approximate surface area is 121 Å². The molecule has 2 saturated heterocycles. The van der Waals surface area contributed by atoms with Crippen LogP contribution >= 0.6 is 0 Å². The molecule has 3 unspecified atom stereocenters. The van der Waals surface area contributed by atoms with E-state index >= 15 is 0 Å². The van der Waals surface area contributed by atoms with E-state index in [1.165, 1.54) is 38.8 Å². The lowest BCUT2D eigenvalue weighted by Gasteiger charge is -2.37. The van der Waals surface area contributed by atoms with Gasteiger partial charge in [0, 0.05) is 23.7 Å². The number of benzene rings is 1. The lowest BCUT2D eigenvalue weighted by atomic mass is 9.95. The van der Waals surface area contributed by atoms with Crippen molar-refractivity contribution in [2.45, 2.75) is 57.2 Å². The smallest absolute Gasteiger partial charge is 0.127 e. The van der Waals surface area contributed by atoms with Crippen molar-refractivity contribution in [3.05, 3.63) is 35.6 Å². The van der Waals surface area contributed by atoms with E-state index in [9.17, 15) is 4.39 Å². The van der Waals surface area contributed by atoms with Gasteiger partial charge in [0.25, 0.3) is 0 Å². The molecule has 1 N–H and O–H groups in total. The summed E-state index contributed by atoms with van der Waals surface area (Å²) in [4.78, 5) is 2.63. The number of hydrogen-bond acceptors (Lipinski definition) is 2. The third-order valence-corrected chi connectivity index (χ3v) is 4.95. The van der Waals surface area contributed by atoms with Crippen molar-refractivity contribution in [2.24, 2.45) is 0 Å². The molecule has 2 heterocycles. The molecule has 20 heavy (non-hydrogen) atoms. The number of halogens is 1. The Morgan fingerprint density at radius 3 is 2.95 bits per heavy atom. The number of rotatable bonds is 4. The molecule has 0 aliphatic carbocycles. The largest absolute Gasteiger partial charge is 0.307 e. The van der Waals surface area contributed by atoms with Crippen LogP contribution in [0.25, 0.3) is 0 Å². The van der Waals surface area contributed by atoms with E-state index < -0.39 is 0 Å². The van der Waals surface area contributed by atoms with Gasteiger partial charge in [-0.25, -0.2) is 4.39 Å². The monoisotopic (exact) mass is 276 g/mol. The Morgan fingerprint density at radius 1 is 1.30 bits per heavy atom. The Bertz CT molecular complexity index is 448. The molecule has 0 radical (unpaired) electrons. The number of nitrogens with one attached hydrogen (secondary N) is 1. The predicted octanol–water partition coefficient (Wildman–Crippen LogP) is 3.49. The van der Waals surface area contributed by atoms with Crippen LogP contribution in [0.15, 0.2) is 24.3 Å². The lowest BCUT2D eigenvalue weighted by molar-refractivity contribution is 0.160. The molecule has 3 atom stereocenters. The molecule has 2 aliphatic heterocycles. The second-order valence-electron chi connectivity index (χ2n) is 6.20. The Morgan fingerprint density at radius 2 is 2.15 bits per heavy atom. The molecule has 0 saturated carbocycles. The van der Waals surface area contributed by atoms with Gasteiger partial charge in [-0.2, -0.15) is 0 Å². The van der Waals surface area contributed by atoms with Crippen molar-refractivity contribution in [2.75, 3.05) is 13.1 Å². The van der Waals surface area contributed by atoms with Gasteiger partial charge in [0.1, 0.15) is 5.82 Å². The molecule has 3 rings (SSSR count). The predicted molar refractivity (Wildman–Crippen MR) is 80.2 cm³/mol. The van der Waals surface area contributed by atoms with Gasteiger partial charge in [-0.15, -0.1) is 0 Å². The second-order valence-corrected chi connectivity index (χ2v) is 6.20. The van der Waals surface area contributed by atoms with Gasteiger partial charge in [-0.1, -0.05) is 25.1 Å². The van der Waals surface area contributed by atoms with Gasteiger partial charge in [-0.3, -0.25) is 0 Å². The van der Waals surface area contributed by atoms with E-state index in [2.05, 4.69) is 17.1 Å². The first kappa shape index (κ1) is 14.0. The molecular formula is C17H25FN2.